The van der Waals surface area contributed by atoms with E-state index < -0.39 is 0 Å². The normalized spacial score (nSPS) is 15.0. The Labute approximate surface area is 148 Å². The zero-order valence-electron chi connectivity index (χ0n) is 13.3. The average molecular weight is 384 g/mol. The second kappa shape index (κ2) is 6.40. The summed E-state index contributed by atoms with van der Waals surface area (Å²) in [6.07, 6.45) is 3.70. The molecule has 3 aromatic rings. The predicted octanol–water partition coefficient (Wildman–Crippen LogP) is 4.34. The maximum Gasteiger partial charge on any atom is 0.259 e. The van der Waals surface area contributed by atoms with Gasteiger partial charge in [0.2, 0.25) is 0 Å². The van der Waals surface area contributed by atoms with E-state index in [2.05, 4.69) is 31.9 Å². The number of hydrogen-bond donors (Lipinski definition) is 1. The number of anilines is 1. The fraction of sp³-hybridized carbons (Fsp3) is 0.263. The summed E-state index contributed by atoms with van der Waals surface area (Å²) in [5.74, 6) is 0.626. The van der Waals surface area contributed by atoms with Crippen LogP contribution < -0.4 is 10.5 Å². The van der Waals surface area contributed by atoms with Crippen LogP contribution >= 0.6 is 15.9 Å². The van der Waals surface area contributed by atoms with E-state index in [0.29, 0.717) is 11.2 Å². The Morgan fingerprint density at radius 2 is 1.83 bits per heavy atom. The molecule has 1 aliphatic heterocycles. The molecule has 0 aliphatic carbocycles. The third kappa shape index (κ3) is 2.84. The van der Waals surface area contributed by atoms with Crippen LogP contribution in [0.15, 0.2) is 51.7 Å². The molecule has 4 nitrogen and oxygen atoms in total. The first-order chi connectivity index (χ1) is 11.7. The fourth-order valence-corrected chi connectivity index (χ4v) is 3.68. The second-order valence-corrected chi connectivity index (χ2v) is 7.06. The zero-order chi connectivity index (χ0) is 16.5. The largest absolute Gasteiger partial charge is 0.371 e. The number of fused-ring (bicyclic) bond motifs is 1. The highest BCUT2D eigenvalue weighted by molar-refractivity contribution is 9.10. The van der Waals surface area contributed by atoms with Crippen molar-refractivity contribution in [2.24, 2.45) is 0 Å². The molecule has 1 aromatic heterocycles. The van der Waals surface area contributed by atoms with Crippen LogP contribution in [0.4, 0.5) is 5.69 Å². The lowest BCUT2D eigenvalue weighted by Crippen LogP contribution is -2.30. The number of nitrogens with zero attached hydrogens (tertiary/aromatic N) is 2. The number of benzene rings is 2. The van der Waals surface area contributed by atoms with Crippen molar-refractivity contribution < 1.29 is 0 Å². The summed E-state index contributed by atoms with van der Waals surface area (Å²) < 4.78 is 0.981. The Hall–Kier alpha value is -2.14. The molecule has 122 valence electrons. The molecular weight excluding hydrogens is 366 g/mol. The van der Waals surface area contributed by atoms with Gasteiger partial charge < -0.3 is 9.88 Å². The number of aromatic amines is 1. The molecule has 4 rings (SSSR count). The number of H-pyrrole nitrogens is 1. The predicted molar refractivity (Wildman–Crippen MR) is 102 cm³/mol. The summed E-state index contributed by atoms with van der Waals surface area (Å²) >= 11 is 3.55. The minimum Gasteiger partial charge on any atom is -0.371 e. The lowest BCUT2D eigenvalue weighted by molar-refractivity contribution is 0.578. The summed E-state index contributed by atoms with van der Waals surface area (Å²) in [4.78, 5) is 22.5. The van der Waals surface area contributed by atoms with Crippen molar-refractivity contribution in [2.45, 2.75) is 19.3 Å². The van der Waals surface area contributed by atoms with E-state index in [4.69, 9.17) is 4.98 Å². The van der Waals surface area contributed by atoms with Crippen LogP contribution in [-0.2, 0) is 0 Å². The van der Waals surface area contributed by atoms with Crippen molar-refractivity contribution in [1.82, 2.24) is 9.97 Å². The zero-order valence-corrected chi connectivity index (χ0v) is 14.8. The van der Waals surface area contributed by atoms with E-state index in [0.717, 1.165) is 34.3 Å². The maximum absolute atomic E-state index is 12.4. The Morgan fingerprint density at radius 3 is 2.67 bits per heavy atom. The van der Waals surface area contributed by atoms with Gasteiger partial charge in [0.25, 0.3) is 5.56 Å². The van der Waals surface area contributed by atoms with Crippen molar-refractivity contribution in [1.29, 1.82) is 0 Å². The van der Waals surface area contributed by atoms with E-state index in [1.807, 2.05) is 30.3 Å². The highest BCUT2D eigenvalue weighted by Crippen LogP contribution is 2.33. The fourth-order valence-electron chi connectivity index (χ4n) is 3.32. The van der Waals surface area contributed by atoms with Gasteiger partial charge in [-0.3, -0.25) is 4.79 Å². The van der Waals surface area contributed by atoms with E-state index in [-0.39, 0.29) is 5.56 Å². The van der Waals surface area contributed by atoms with Gasteiger partial charge in [-0.25, -0.2) is 4.98 Å². The Bertz CT molecular complexity index is 945. The SMILES string of the molecule is O=c1[nH]c(-c2cc(Br)ccc2N2CCCCC2)nc2ccccc12. The Balaban J connectivity index is 1.89. The standard InChI is InChI=1S/C19H18BrN3O/c20-13-8-9-17(23-10-4-1-5-11-23)15(12-13)18-21-16-7-3-2-6-14(16)19(24)22-18/h2-3,6-9,12H,1,4-5,10-11H2,(H,21,22,24). The van der Waals surface area contributed by atoms with Crippen LogP contribution in [0.1, 0.15) is 19.3 Å². The molecule has 0 spiro atoms. The first-order valence-corrected chi connectivity index (χ1v) is 9.05. The first-order valence-electron chi connectivity index (χ1n) is 8.26. The van der Waals surface area contributed by atoms with Crippen LogP contribution in [0, 0.1) is 0 Å². The van der Waals surface area contributed by atoms with Crippen molar-refractivity contribution in [3.05, 3.63) is 57.3 Å². The van der Waals surface area contributed by atoms with Crippen molar-refractivity contribution in [3.8, 4) is 11.4 Å². The van der Waals surface area contributed by atoms with Crippen molar-refractivity contribution in [2.75, 3.05) is 18.0 Å². The monoisotopic (exact) mass is 383 g/mol. The third-order valence-corrected chi connectivity index (χ3v) is 5.02. The molecule has 0 atom stereocenters. The molecule has 2 heterocycles. The number of nitrogens with one attached hydrogen (secondary N) is 1. The molecular formula is C19H18BrN3O. The number of piperidine rings is 1. The Morgan fingerprint density at radius 1 is 1.04 bits per heavy atom. The molecule has 1 N–H and O–H groups in total. The van der Waals surface area contributed by atoms with Gasteiger partial charge in [0.15, 0.2) is 0 Å². The van der Waals surface area contributed by atoms with E-state index in [9.17, 15) is 4.79 Å². The number of hydrogen-bond acceptors (Lipinski definition) is 3. The second-order valence-electron chi connectivity index (χ2n) is 6.14. The number of rotatable bonds is 2. The maximum atomic E-state index is 12.4. The van der Waals surface area contributed by atoms with Crippen molar-refractivity contribution in [3.63, 3.8) is 0 Å². The van der Waals surface area contributed by atoms with Crippen molar-refractivity contribution >= 4 is 32.5 Å². The minimum atomic E-state index is -0.0971. The summed E-state index contributed by atoms with van der Waals surface area (Å²) in [5.41, 5.74) is 2.73. The highest BCUT2D eigenvalue weighted by atomic mass is 79.9. The number of aromatic nitrogens is 2. The van der Waals surface area contributed by atoms with Crippen LogP contribution in [0.2, 0.25) is 0 Å². The van der Waals surface area contributed by atoms with E-state index in [1.54, 1.807) is 6.07 Å². The van der Waals surface area contributed by atoms with Crippen LogP contribution in [-0.4, -0.2) is 23.1 Å². The van der Waals surface area contributed by atoms with Gasteiger partial charge >= 0.3 is 0 Å². The third-order valence-electron chi connectivity index (χ3n) is 4.52. The highest BCUT2D eigenvalue weighted by Gasteiger charge is 2.17. The van der Waals surface area contributed by atoms with Gasteiger partial charge in [-0.15, -0.1) is 0 Å². The van der Waals surface area contributed by atoms with Crippen LogP contribution in [0.5, 0.6) is 0 Å². The molecule has 1 saturated heterocycles. The number of halogens is 1. The topological polar surface area (TPSA) is 49.0 Å². The quantitative estimate of drug-likeness (QED) is 0.715. The molecule has 5 heteroatoms. The lowest BCUT2D eigenvalue weighted by Gasteiger charge is -2.30. The Kier molecular flexibility index (Phi) is 4.10. The van der Waals surface area contributed by atoms with E-state index in [1.165, 1.54) is 19.3 Å². The minimum absolute atomic E-state index is 0.0971. The first kappa shape index (κ1) is 15.4. The van der Waals surface area contributed by atoms with Crippen LogP contribution in [0.25, 0.3) is 22.3 Å². The van der Waals surface area contributed by atoms with Gasteiger partial charge in [0.1, 0.15) is 5.82 Å². The molecule has 2 aromatic carbocycles. The van der Waals surface area contributed by atoms with Gasteiger partial charge in [0.05, 0.1) is 10.9 Å². The summed E-state index contributed by atoms with van der Waals surface area (Å²) in [7, 11) is 0. The molecule has 0 bridgehead atoms. The van der Waals surface area contributed by atoms with Gasteiger partial charge in [-0.1, -0.05) is 28.1 Å². The lowest BCUT2D eigenvalue weighted by atomic mass is 10.1. The number of para-hydroxylation sites is 1. The van der Waals surface area contributed by atoms with Gasteiger partial charge in [-0.05, 0) is 49.6 Å². The molecule has 0 amide bonds. The van der Waals surface area contributed by atoms with E-state index >= 15 is 0 Å². The molecule has 24 heavy (non-hydrogen) atoms. The van der Waals surface area contributed by atoms with Crippen LogP contribution in [0.3, 0.4) is 0 Å². The summed E-state index contributed by atoms with van der Waals surface area (Å²) in [5, 5.41) is 0.621. The molecule has 1 fully saturated rings. The molecule has 1 aliphatic rings. The molecule has 0 unspecified atom stereocenters. The molecule has 0 saturated carbocycles. The average Bonchev–Trinajstić information content (AvgIpc) is 2.62. The summed E-state index contributed by atoms with van der Waals surface area (Å²) in [6, 6.07) is 13.6. The smallest absolute Gasteiger partial charge is 0.259 e. The van der Waals surface area contributed by atoms with Gasteiger partial charge in [-0.2, -0.15) is 0 Å². The van der Waals surface area contributed by atoms with Gasteiger partial charge in [0, 0.05) is 28.8 Å². The molecule has 0 radical (unpaired) electrons. The summed E-state index contributed by atoms with van der Waals surface area (Å²) in [6.45, 7) is 2.10.